The van der Waals surface area contributed by atoms with Crippen molar-refractivity contribution in [3.8, 4) is 0 Å². The average Bonchev–Trinajstić information content (AvgIpc) is 3.08. The lowest BCUT2D eigenvalue weighted by Crippen LogP contribution is -2.44. The molecular formula is C19H27NO2S. The molecule has 0 spiro atoms. The zero-order chi connectivity index (χ0) is 16.1. The molecule has 1 fully saturated rings. The Kier molecular flexibility index (Phi) is 5.70. The van der Waals surface area contributed by atoms with Crippen LogP contribution in [-0.2, 0) is 10.3 Å². The van der Waals surface area contributed by atoms with Crippen molar-refractivity contribution in [2.24, 2.45) is 5.92 Å². The SMILES string of the molecule is COCCCCC(O)(c1cccc2sccc12)[C@@H]1CCCNC1. The third kappa shape index (κ3) is 3.61. The fourth-order valence-electron chi connectivity index (χ4n) is 3.83. The fourth-order valence-corrected chi connectivity index (χ4v) is 4.64. The number of thiophene rings is 1. The van der Waals surface area contributed by atoms with E-state index in [-0.39, 0.29) is 5.92 Å². The van der Waals surface area contributed by atoms with Crippen LogP contribution in [0.15, 0.2) is 29.6 Å². The van der Waals surface area contributed by atoms with Gasteiger partial charge in [0.1, 0.15) is 0 Å². The number of benzene rings is 1. The van der Waals surface area contributed by atoms with Gasteiger partial charge < -0.3 is 15.2 Å². The summed E-state index contributed by atoms with van der Waals surface area (Å²) in [5, 5.41) is 18.6. The minimum absolute atomic E-state index is 0.282. The van der Waals surface area contributed by atoms with Gasteiger partial charge in [-0.25, -0.2) is 0 Å². The van der Waals surface area contributed by atoms with E-state index in [2.05, 4.69) is 35.0 Å². The molecule has 0 radical (unpaired) electrons. The first kappa shape index (κ1) is 16.9. The zero-order valence-electron chi connectivity index (χ0n) is 13.9. The van der Waals surface area contributed by atoms with Gasteiger partial charge in [0.05, 0.1) is 5.60 Å². The molecule has 1 aromatic carbocycles. The number of rotatable bonds is 7. The number of piperidine rings is 1. The Morgan fingerprint density at radius 1 is 1.35 bits per heavy atom. The maximum atomic E-state index is 11.7. The standard InChI is InChI=1S/C19H27NO2S/c1-22-12-3-2-10-19(21,15-6-5-11-20-14-15)17-7-4-8-18-16(17)9-13-23-18/h4,7-9,13,15,20-21H,2-3,5-6,10-12,14H2,1H3/t15-,19?/m1/s1. The molecule has 2 heterocycles. The van der Waals surface area contributed by atoms with Gasteiger partial charge in [0.25, 0.3) is 0 Å². The quantitative estimate of drug-likeness (QED) is 0.755. The van der Waals surface area contributed by atoms with Crippen LogP contribution in [0, 0.1) is 5.92 Å². The minimum atomic E-state index is -0.748. The number of hydrogen-bond donors (Lipinski definition) is 2. The van der Waals surface area contributed by atoms with E-state index in [4.69, 9.17) is 4.74 Å². The van der Waals surface area contributed by atoms with E-state index in [0.29, 0.717) is 0 Å². The van der Waals surface area contributed by atoms with Crippen molar-refractivity contribution in [3.05, 3.63) is 35.2 Å². The van der Waals surface area contributed by atoms with Crippen LogP contribution in [0.3, 0.4) is 0 Å². The van der Waals surface area contributed by atoms with E-state index in [1.165, 1.54) is 10.1 Å². The molecule has 3 rings (SSSR count). The molecule has 126 valence electrons. The zero-order valence-corrected chi connectivity index (χ0v) is 14.7. The van der Waals surface area contributed by atoms with Gasteiger partial charge in [0.2, 0.25) is 0 Å². The maximum absolute atomic E-state index is 11.7. The Balaban J connectivity index is 1.91. The lowest BCUT2D eigenvalue weighted by molar-refractivity contribution is -0.0421. The Labute approximate surface area is 142 Å². The molecule has 0 aliphatic carbocycles. The lowest BCUT2D eigenvalue weighted by Gasteiger charge is -2.40. The van der Waals surface area contributed by atoms with Crippen molar-refractivity contribution in [1.82, 2.24) is 5.32 Å². The second-order valence-corrected chi connectivity index (χ2v) is 7.50. The summed E-state index contributed by atoms with van der Waals surface area (Å²) in [5.41, 5.74) is 0.365. The molecule has 1 unspecified atom stereocenters. The molecule has 4 heteroatoms. The molecular weight excluding hydrogens is 306 g/mol. The van der Waals surface area contributed by atoms with Gasteiger partial charge in [-0.15, -0.1) is 11.3 Å². The highest BCUT2D eigenvalue weighted by Gasteiger charge is 2.39. The molecule has 1 saturated heterocycles. The topological polar surface area (TPSA) is 41.5 Å². The van der Waals surface area contributed by atoms with Crippen LogP contribution >= 0.6 is 11.3 Å². The predicted molar refractivity (Wildman–Crippen MR) is 97.0 cm³/mol. The van der Waals surface area contributed by atoms with Gasteiger partial charge in [-0.2, -0.15) is 0 Å². The van der Waals surface area contributed by atoms with Crippen LogP contribution in [0.5, 0.6) is 0 Å². The third-order valence-corrected chi connectivity index (χ3v) is 5.97. The van der Waals surface area contributed by atoms with Gasteiger partial charge in [-0.3, -0.25) is 0 Å². The second kappa shape index (κ2) is 7.75. The van der Waals surface area contributed by atoms with Gasteiger partial charge in [0.15, 0.2) is 0 Å². The van der Waals surface area contributed by atoms with E-state index in [1.54, 1.807) is 18.4 Å². The summed E-state index contributed by atoms with van der Waals surface area (Å²) >= 11 is 1.75. The molecule has 0 amide bonds. The summed E-state index contributed by atoms with van der Waals surface area (Å²) in [6.45, 7) is 2.74. The number of ether oxygens (including phenoxy) is 1. The highest BCUT2D eigenvalue weighted by molar-refractivity contribution is 7.17. The van der Waals surface area contributed by atoms with Crippen molar-refractivity contribution >= 4 is 21.4 Å². The molecule has 1 aliphatic heterocycles. The first-order chi connectivity index (χ1) is 11.3. The van der Waals surface area contributed by atoms with E-state index in [1.807, 2.05) is 0 Å². The number of aliphatic hydroxyl groups is 1. The van der Waals surface area contributed by atoms with Crippen molar-refractivity contribution < 1.29 is 9.84 Å². The normalized spacial score (nSPS) is 21.4. The number of methoxy groups -OCH3 is 1. The molecule has 3 nitrogen and oxygen atoms in total. The lowest BCUT2D eigenvalue weighted by atomic mass is 9.73. The molecule has 1 aromatic heterocycles. The third-order valence-electron chi connectivity index (χ3n) is 5.09. The van der Waals surface area contributed by atoms with E-state index in [0.717, 1.165) is 57.4 Å². The Bertz CT molecular complexity index is 621. The summed E-state index contributed by atoms with van der Waals surface area (Å²) in [7, 11) is 1.74. The summed E-state index contributed by atoms with van der Waals surface area (Å²) < 4.78 is 6.44. The number of nitrogens with one attached hydrogen (secondary N) is 1. The van der Waals surface area contributed by atoms with Crippen LogP contribution in [0.4, 0.5) is 0 Å². The molecule has 2 N–H and O–H groups in total. The van der Waals surface area contributed by atoms with E-state index < -0.39 is 5.60 Å². The summed E-state index contributed by atoms with van der Waals surface area (Å²) in [6.07, 6.45) is 5.02. The highest BCUT2D eigenvalue weighted by Crippen LogP contribution is 2.42. The largest absolute Gasteiger partial charge is 0.385 e. The summed E-state index contributed by atoms with van der Waals surface area (Å²) in [5.74, 6) is 0.282. The fraction of sp³-hybridized carbons (Fsp3) is 0.579. The van der Waals surface area contributed by atoms with E-state index >= 15 is 0 Å². The Hall–Kier alpha value is -0.940. The van der Waals surface area contributed by atoms with Gasteiger partial charge >= 0.3 is 0 Å². The minimum Gasteiger partial charge on any atom is -0.385 e. The molecule has 0 saturated carbocycles. The van der Waals surface area contributed by atoms with Crippen molar-refractivity contribution in [2.45, 2.75) is 37.7 Å². The van der Waals surface area contributed by atoms with Gasteiger partial charge in [0, 0.05) is 30.9 Å². The Morgan fingerprint density at radius 2 is 2.26 bits per heavy atom. The van der Waals surface area contributed by atoms with Crippen LogP contribution in [0.2, 0.25) is 0 Å². The van der Waals surface area contributed by atoms with Crippen molar-refractivity contribution in [1.29, 1.82) is 0 Å². The van der Waals surface area contributed by atoms with Gasteiger partial charge in [-0.1, -0.05) is 12.1 Å². The maximum Gasteiger partial charge on any atom is 0.0942 e. The second-order valence-electron chi connectivity index (χ2n) is 6.56. The molecule has 1 aliphatic rings. The average molecular weight is 333 g/mol. The predicted octanol–water partition coefficient (Wildman–Crippen LogP) is 3.91. The van der Waals surface area contributed by atoms with E-state index in [9.17, 15) is 5.11 Å². The van der Waals surface area contributed by atoms with Gasteiger partial charge in [-0.05, 0) is 67.1 Å². The van der Waals surface area contributed by atoms with Crippen LogP contribution in [-0.4, -0.2) is 31.9 Å². The van der Waals surface area contributed by atoms with Crippen LogP contribution < -0.4 is 5.32 Å². The molecule has 2 aromatic rings. The molecule has 23 heavy (non-hydrogen) atoms. The number of fused-ring (bicyclic) bond motifs is 1. The number of hydrogen-bond acceptors (Lipinski definition) is 4. The van der Waals surface area contributed by atoms with Crippen molar-refractivity contribution in [2.75, 3.05) is 26.8 Å². The Morgan fingerprint density at radius 3 is 3.04 bits per heavy atom. The number of unbranched alkanes of at least 4 members (excludes halogenated alkanes) is 1. The van der Waals surface area contributed by atoms with Crippen molar-refractivity contribution in [3.63, 3.8) is 0 Å². The smallest absolute Gasteiger partial charge is 0.0942 e. The molecule has 2 atom stereocenters. The first-order valence-electron chi connectivity index (χ1n) is 8.64. The summed E-state index contributed by atoms with van der Waals surface area (Å²) in [4.78, 5) is 0. The monoisotopic (exact) mass is 333 g/mol. The highest BCUT2D eigenvalue weighted by atomic mass is 32.1. The van der Waals surface area contributed by atoms with Crippen LogP contribution in [0.1, 0.15) is 37.7 Å². The first-order valence-corrected chi connectivity index (χ1v) is 9.52. The summed E-state index contributed by atoms with van der Waals surface area (Å²) in [6, 6.07) is 8.52. The molecule has 0 bridgehead atoms. The van der Waals surface area contributed by atoms with Crippen LogP contribution in [0.25, 0.3) is 10.1 Å².